The molecule has 2 nitrogen and oxygen atoms in total. The van der Waals surface area contributed by atoms with Gasteiger partial charge in [0.1, 0.15) is 17.9 Å². The van der Waals surface area contributed by atoms with E-state index in [0.717, 1.165) is 35.6 Å². The van der Waals surface area contributed by atoms with Crippen LogP contribution in [0.15, 0.2) is 78.9 Å². The lowest BCUT2D eigenvalue weighted by atomic mass is 10.0. The first-order chi connectivity index (χ1) is 13.2. The summed E-state index contributed by atoms with van der Waals surface area (Å²) >= 11 is 0. The average Bonchev–Trinajstić information content (AvgIpc) is 2.70. The highest BCUT2D eigenvalue weighted by Crippen LogP contribution is 2.18. The number of halogens is 2. The second kappa shape index (κ2) is 9.19. The lowest BCUT2D eigenvalue weighted by Gasteiger charge is -2.28. The molecule has 0 fully saturated rings. The first-order valence-electron chi connectivity index (χ1n) is 8.87. The highest BCUT2D eigenvalue weighted by molar-refractivity contribution is 5.58. The Labute approximate surface area is 158 Å². The fourth-order valence-corrected chi connectivity index (χ4v) is 3.11. The Morgan fingerprint density at radius 3 is 1.89 bits per heavy atom. The summed E-state index contributed by atoms with van der Waals surface area (Å²) in [6.07, 6.45) is 0.934. The molecule has 0 saturated carbocycles. The number of benzene rings is 3. The molecule has 0 aromatic heterocycles. The van der Waals surface area contributed by atoms with E-state index in [1.54, 1.807) is 0 Å². The van der Waals surface area contributed by atoms with Crippen molar-refractivity contribution in [3.63, 3.8) is 0 Å². The van der Waals surface area contributed by atoms with Crippen LogP contribution in [0, 0.1) is 11.6 Å². The molecular formula is C23H21F2NO. The third-order valence-electron chi connectivity index (χ3n) is 4.52. The molecule has 0 amide bonds. The Morgan fingerprint density at radius 2 is 1.37 bits per heavy atom. The number of rotatable bonds is 8. The van der Waals surface area contributed by atoms with Crippen molar-refractivity contribution in [2.45, 2.75) is 25.6 Å². The zero-order valence-electron chi connectivity index (χ0n) is 14.9. The summed E-state index contributed by atoms with van der Waals surface area (Å²) < 4.78 is 27.6. The topological polar surface area (TPSA) is 20.3 Å². The van der Waals surface area contributed by atoms with Crippen LogP contribution in [-0.2, 0) is 24.3 Å². The number of carbonyl (C=O) groups is 1. The lowest BCUT2D eigenvalue weighted by molar-refractivity contribution is -0.112. The first kappa shape index (κ1) is 18.9. The van der Waals surface area contributed by atoms with Gasteiger partial charge in [0.25, 0.3) is 0 Å². The molecule has 0 N–H and O–H groups in total. The molecular weight excluding hydrogens is 344 g/mol. The Hall–Kier alpha value is -2.85. The van der Waals surface area contributed by atoms with Gasteiger partial charge < -0.3 is 4.79 Å². The molecule has 0 heterocycles. The molecule has 0 aliphatic heterocycles. The molecule has 4 heteroatoms. The summed E-state index contributed by atoms with van der Waals surface area (Å²) in [7, 11) is 0. The Morgan fingerprint density at radius 1 is 0.815 bits per heavy atom. The van der Waals surface area contributed by atoms with Gasteiger partial charge in [-0.25, -0.2) is 8.78 Å². The van der Waals surface area contributed by atoms with E-state index in [1.807, 2.05) is 65.6 Å². The van der Waals surface area contributed by atoms with Crippen LogP contribution < -0.4 is 0 Å². The highest BCUT2D eigenvalue weighted by atomic mass is 19.1. The fourth-order valence-electron chi connectivity index (χ4n) is 3.11. The van der Waals surface area contributed by atoms with E-state index in [2.05, 4.69) is 0 Å². The fraction of sp³-hybridized carbons (Fsp3) is 0.174. The Balaban J connectivity index is 1.86. The summed E-state index contributed by atoms with van der Waals surface area (Å²) in [6, 6.07) is 22.4. The minimum atomic E-state index is -0.568. The summed E-state index contributed by atoms with van der Waals surface area (Å²) in [5, 5.41) is 0. The van der Waals surface area contributed by atoms with E-state index in [1.165, 1.54) is 0 Å². The van der Waals surface area contributed by atoms with Gasteiger partial charge in [-0.1, -0.05) is 60.7 Å². The maximum atomic E-state index is 14.1. The molecule has 0 aliphatic carbocycles. The van der Waals surface area contributed by atoms with Crippen molar-refractivity contribution in [1.82, 2.24) is 4.90 Å². The van der Waals surface area contributed by atoms with Gasteiger partial charge in [0, 0.05) is 13.1 Å². The van der Waals surface area contributed by atoms with Gasteiger partial charge >= 0.3 is 0 Å². The third-order valence-corrected chi connectivity index (χ3v) is 4.52. The standard InChI is InChI=1S/C23H21F2NO/c24-21-11-12-23(25)20(13-21)14-22(17-27)26(15-18-7-3-1-4-8-18)16-19-9-5-2-6-10-19/h1-13,17,22H,14-16H2/t22-/m1/s1. The van der Waals surface area contributed by atoms with Gasteiger partial charge in [0.15, 0.2) is 0 Å². The van der Waals surface area contributed by atoms with Gasteiger partial charge in [-0.3, -0.25) is 4.90 Å². The van der Waals surface area contributed by atoms with Crippen molar-refractivity contribution in [3.8, 4) is 0 Å². The van der Waals surface area contributed by atoms with Crippen LogP contribution in [0.3, 0.4) is 0 Å². The van der Waals surface area contributed by atoms with E-state index in [9.17, 15) is 13.6 Å². The second-order valence-corrected chi connectivity index (χ2v) is 6.52. The monoisotopic (exact) mass is 365 g/mol. The summed E-state index contributed by atoms with van der Waals surface area (Å²) in [5.74, 6) is -1.00. The second-order valence-electron chi connectivity index (χ2n) is 6.52. The van der Waals surface area contributed by atoms with Gasteiger partial charge in [0.2, 0.25) is 0 Å². The molecule has 27 heavy (non-hydrogen) atoms. The van der Waals surface area contributed by atoms with Gasteiger partial charge in [-0.05, 0) is 41.3 Å². The largest absolute Gasteiger partial charge is 0.302 e. The van der Waals surface area contributed by atoms with Crippen LogP contribution >= 0.6 is 0 Å². The van der Waals surface area contributed by atoms with Crippen LogP contribution in [0.25, 0.3) is 0 Å². The van der Waals surface area contributed by atoms with Gasteiger partial charge in [-0.15, -0.1) is 0 Å². The van der Waals surface area contributed by atoms with E-state index >= 15 is 0 Å². The van der Waals surface area contributed by atoms with Crippen LogP contribution in [0.4, 0.5) is 8.78 Å². The molecule has 0 saturated heterocycles. The highest BCUT2D eigenvalue weighted by Gasteiger charge is 2.21. The van der Waals surface area contributed by atoms with Crippen molar-refractivity contribution >= 4 is 6.29 Å². The summed E-state index contributed by atoms with van der Waals surface area (Å²) in [6.45, 7) is 1.08. The third kappa shape index (κ3) is 5.31. The van der Waals surface area contributed by atoms with E-state index < -0.39 is 17.7 Å². The normalized spacial score (nSPS) is 12.1. The SMILES string of the molecule is O=C[C@@H](Cc1cc(F)ccc1F)N(Cc1ccccc1)Cc1ccccc1. The number of nitrogens with zero attached hydrogens (tertiary/aromatic N) is 1. The van der Waals surface area contributed by atoms with Crippen molar-refractivity contribution in [2.24, 2.45) is 0 Å². The number of hydrogen-bond donors (Lipinski definition) is 0. The van der Waals surface area contributed by atoms with Gasteiger partial charge in [-0.2, -0.15) is 0 Å². The van der Waals surface area contributed by atoms with Crippen molar-refractivity contribution in [1.29, 1.82) is 0 Å². The molecule has 0 unspecified atom stereocenters. The molecule has 0 aliphatic rings. The number of hydrogen-bond acceptors (Lipinski definition) is 2. The maximum absolute atomic E-state index is 14.1. The zero-order valence-corrected chi connectivity index (χ0v) is 14.9. The molecule has 3 rings (SSSR count). The van der Waals surface area contributed by atoms with E-state index in [-0.39, 0.29) is 12.0 Å². The zero-order chi connectivity index (χ0) is 19.1. The summed E-state index contributed by atoms with van der Waals surface area (Å²) in [5.41, 5.74) is 2.32. The molecule has 3 aromatic rings. The first-order valence-corrected chi connectivity index (χ1v) is 8.87. The van der Waals surface area contributed by atoms with Crippen molar-refractivity contribution < 1.29 is 13.6 Å². The van der Waals surface area contributed by atoms with Crippen LogP contribution in [0.2, 0.25) is 0 Å². The quantitative estimate of drug-likeness (QED) is 0.536. The molecule has 0 bridgehead atoms. The molecule has 138 valence electrons. The Bertz CT molecular complexity index is 827. The van der Waals surface area contributed by atoms with Crippen LogP contribution in [-0.4, -0.2) is 17.2 Å². The van der Waals surface area contributed by atoms with E-state index in [4.69, 9.17) is 0 Å². The van der Waals surface area contributed by atoms with Gasteiger partial charge in [0.05, 0.1) is 6.04 Å². The van der Waals surface area contributed by atoms with Crippen molar-refractivity contribution in [3.05, 3.63) is 107 Å². The molecule has 1 atom stereocenters. The number of carbonyl (C=O) groups excluding carboxylic acids is 1. The molecule has 0 radical (unpaired) electrons. The minimum Gasteiger partial charge on any atom is -0.302 e. The number of aldehydes is 1. The van der Waals surface area contributed by atoms with Crippen LogP contribution in [0.5, 0.6) is 0 Å². The summed E-state index contributed by atoms with van der Waals surface area (Å²) in [4.78, 5) is 13.9. The maximum Gasteiger partial charge on any atom is 0.137 e. The average molecular weight is 365 g/mol. The molecule has 3 aromatic carbocycles. The predicted octanol–water partition coefficient (Wildman–Crippen LogP) is 4.78. The Kier molecular flexibility index (Phi) is 6.44. The lowest BCUT2D eigenvalue weighted by Crippen LogP contribution is -2.37. The minimum absolute atomic E-state index is 0.118. The smallest absolute Gasteiger partial charge is 0.137 e. The van der Waals surface area contributed by atoms with Crippen molar-refractivity contribution in [2.75, 3.05) is 0 Å². The van der Waals surface area contributed by atoms with Crippen LogP contribution in [0.1, 0.15) is 16.7 Å². The predicted molar refractivity (Wildman–Crippen MR) is 102 cm³/mol. The molecule has 0 spiro atoms. The van der Waals surface area contributed by atoms with E-state index in [0.29, 0.717) is 13.1 Å².